The highest BCUT2D eigenvalue weighted by Crippen LogP contribution is 2.32. The van der Waals surface area contributed by atoms with Gasteiger partial charge in [-0.25, -0.2) is 5.01 Å². The lowest BCUT2D eigenvalue weighted by atomic mass is 9.94. The molecule has 0 spiro atoms. The highest BCUT2D eigenvalue weighted by atomic mass is 16.2. The van der Waals surface area contributed by atoms with Crippen molar-refractivity contribution in [1.29, 1.82) is 0 Å². The van der Waals surface area contributed by atoms with Crippen LogP contribution in [-0.4, -0.2) is 58.0 Å². The van der Waals surface area contributed by atoms with Crippen molar-refractivity contribution in [3.8, 4) is 0 Å². The minimum Gasteiger partial charge on any atom is -0.357 e. The van der Waals surface area contributed by atoms with E-state index in [9.17, 15) is 14.4 Å². The highest BCUT2D eigenvalue weighted by molar-refractivity contribution is 6.26. The predicted octanol–water partition coefficient (Wildman–Crippen LogP) is 1.41. The van der Waals surface area contributed by atoms with Gasteiger partial charge < -0.3 is 15.2 Å². The maximum Gasteiger partial charge on any atom is 0.266 e. The number of H-pyrrole nitrogens is 1. The summed E-state index contributed by atoms with van der Waals surface area (Å²) in [5, 5.41) is 8.93. The normalized spacial score (nSPS) is 19.2. The number of hydrogen-bond donors (Lipinski definition) is 2. The van der Waals surface area contributed by atoms with Crippen molar-refractivity contribution in [2.75, 3.05) is 13.1 Å². The molecule has 29 heavy (non-hydrogen) atoms. The van der Waals surface area contributed by atoms with Gasteiger partial charge in [-0.1, -0.05) is 32.0 Å². The van der Waals surface area contributed by atoms with Crippen LogP contribution >= 0.6 is 0 Å². The monoisotopic (exact) mass is 395 g/mol. The third kappa shape index (κ3) is 3.74. The molecule has 1 fully saturated rings. The first-order chi connectivity index (χ1) is 13.9. The standard InChI is InChI=1S/C21H25N5O3/c1-13(2)7-8-22-19(27)10-23-26-12-20(28)25-11-17-15(9-18(25)21(26)29)14-5-3-4-6-16(14)24-17/h3-6,10,13,18,24H,7-9,11-12H2,1-2H3,(H,22,27). The van der Waals surface area contributed by atoms with Crippen molar-refractivity contribution < 1.29 is 14.4 Å². The van der Waals surface area contributed by atoms with Crippen molar-refractivity contribution in [1.82, 2.24) is 20.2 Å². The van der Waals surface area contributed by atoms with Gasteiger partial charge in [0.25, 0.3) is 11.8 Å². The number of carbonyl (C=O) groups is 3. The van der Waals surface area contributed by atoms with Gasteiger partial charge in [-0.2, -0.15) is 5.10 Å². The minimum absolute atomic E-state index is 0.152. The van der Waals surface area contributed by atoms with Gasteiger partial charge in [0.2, 0.25) is 5.91 Å². The van der Waals surface area contributed by atoms with Crippen molar-refractivity contribution in [2.24, 2.45) is 11.0 Å². The number of piperazine rings is 1. The molecule has 152 valence electrons. The Balaban J connectivity index is 1.49. The molecule has 1 aromatic heterocycles. The first-order valence-electron chi connectivity index (χ1n) is 9.95. The van der Waals surface area contributed by atoms with Crippen molar-refractivity contribution in [3.63, 3.8) is 0 Å². The molecule has 2 aliphatic rings. The zero-order valence-corrected chi connectivity index (χ0v) is 16.6. The number of benzene rings is 1. The number of nitrogens with one attached hydrogen (secondary N) is 2. The van der Waals surface area contributed by atoms with Crippen LogP contribution in [0.5, 0.6) is 0 Å². The predicted molar refractivity (Wildman–Crippen MR) is 109 cm³/mol. The number of carbonyl (C=O) groups excluding carboxylic acids is 3. The number of amides is 3. The highest BCUT2D eigenvalue weighted by Gasteiger charge is 2.43. The van der Waals surface area contributed by atoms with E-state index in [0.29, 0.717) is 25.4 Å². The Kier molecular flexibility index (Phi) is 5.08. The molecule has 1 saturated heterocycles. The average molecular weight is 395 g/mol. The Hall–Kier alpha value is -3.16. The summed E-state index contributed by atoms with van der Waals surface area (Å²) in [4.78, 5) is 42.5. The van der Waals surface area contributed by atoms with Crippen LogP contribution in [0.4, 0.5) is 0 Å². The van der Waals surface area contributed by atoms with Crippen molar-refractivity contribution in [3.05, 3.63) is 35.5 Å². The Labute approximate surface area is 168 Å². The zero-order chi connectivity index (χ0) is 20.5. The van der Waals surface area contributed by atoms with Gasteiger partial charge >= 0.3 is 0 Å². The number of hydrogen-bond acceptors (Lipinski definition) is 4. The van der Waals surface area contributed by atoms with Gasteiger partial charge in [0.15, 0.2) is 0 Å². The molecule has 1 unspecified atom stereocenters. The molecule has 0 saturated carbocycles. The van der Waals surface area contributed by atoms with Gasteiger partial charge in [0.1, 0.15) is 18.8 Å². The molecular weight excluding hydrogens is 370 g/mol. The molecule has 2 N–H and O–H groups in total. The van der Waals surface area contributed by atoms with Crippen LogP contribution in [-0.2, 0) is 27.3 Å². The van der Waals surface area contributed by atoms with E-state index in [4.69, 9.17) is 0 Å². The summed E-state index contributed by atoms with van der Waals surface area (Å²) in [5.74, 6) is -0.306. The Morgan fingerprint density at radius 1 is 1.31 bits per heavy atom. The van der Waals surface area contributed by atoms with E-state index in [2.05, 4.69) is 29.2 Å². The lowest BCUT2D eigenvalue weighted by molar-refractivity contribution is -0.157. The van der Waals surface area contributed by atoms with E-state index in [1.807, 2.05) is 24.3 Å². The number of rotatable bonds is 5. The molecule has 3 amide bonds. The topological polar surface area (TPSA) is 97.9 Å². The molecule has 2 aromatic rings. The van der Waals surface area contributed by atoms with Crippen LogP contribution < -0.4 is 5.32 Å². The number of aromatic nitrogens is 1. The van der Waals surface area contributed by atoms with Gasteiger partial charge in [-0.05, 0) is 24.0 Å². The Morgan fingerprint density at radius 2 is 2.10 bits per heavy atom. The lowest BCUT2D eigenvalue weighted by Crippen LogP contribution is -2.60. The largest absolute Gasteiger partial charge is 0.357 e. The first-order valence-corrected chi connectivity index (χ1v) is 9.95. The summed E-state index contributed by atoms with van der Waals surface area (Å²) in [6.07, 6.45) is 2.39. The third-order valence-electron chi connectivity index (χ3n) is 5.48. The molecule has 0 radical (unpaired) electrons. The van der Waals surface area contributed by atoms with E-state index in [1.54, 1.807) is 4.90 Å². The summed E-state index contributed by atoms with van der Waals surface area (Å²) < 4.78 is 0. The zero-order valence-electron chi connectivity index (χ0n) is 16.6. The van der Waals surface area contributed by atoms with Crippen LogP contribution in [0.15, 0.2) is 29.4 Å². The maximum atomic E-state index is 13.0. The number of nitrogens with zero attached hydrogens (tertiary/aromatic N) is 3. The van der Waals surface area contributed by atoms with E-state index in [1.165, 1.54) is 0 Å². The number of hydrazone groups is 1. The fraction of sp³-hybridized carbons (Fsp3) is 0.429. The molecule has 8 heteroatoms. The van der Waals surface area contributed by atoms with Gasteiger partial charge in [-0.3, -0.25) is 14.4 Å². The SMILES string of the molecule is CC(C)CCNC(=O)C=NN1CC(=O)N2Cc3[nH]c4ccccc4c3CC2C1=O. The molecule has 1 atom stereocenters. The number of para-hydroxylation sites is 1. The first kappa shape index (κ1) is 19.2. The summed E-state index contributed by atoms with van der Waals surface area (Å²) >= 11 is 0. The maximum absolute atomic E-state index is 13.0. The summed E-state index contributed by atoms with van der Waals surface area (Å²) in [6.45, 7) is 4.93. The van der Waals surface area contributed by atoms with Gasteiger partial charge in [-0.15, -0.1) is 0 Å². The fourth-order valence-corrected chi connectivity index (χ4v) is 3.91. The molecule has 3 heterocycles. The Bertz CT molecular complexity index is 993. The second-order valence-electron chi connectivity index (χ2n) is 7.98. The summed E-state index contributed by atoms with van der Waals surface area (Å²) in [7, 11) is 0. The Morgan fingerprint density at radius 3 is 2.90 bits per heavy atom. The third-order valence-corrected chi connectivity index (χ3v) is 5.48. The fourth-order valence-electron chi connectivity index (χ4n) is 3.91. The van der Waals surface area contributed by atoms with E-state index in [0.717, 1.165) is 39.8 Å². The smallest absolute Gasteiger partial charge is 0.266 e. The van der Waals surface area contributed by atoms with Crippen LogP contribution in [0.2, 0.25) is 0 Å². The minimum atomic E-state index is -0.593. The quantitative estimate of drug-likeness (QED) is 0.749. The van der Waals surface area contributed by atoms with E-state index >= 15 is 0 Å². The molecule has 0 bridgehead atoms. The molecule has 1 aromatic carbocycles. The molecule has 8 nitrogen and oxygen atoms in total. The van der Waals surface area contributed by atoms with Crippen LogP contribution in [0.1, 0.15) is 31.5 Å². The van der Waals surface area contributed by atoms with Crippen molar-refractivity contribution >= 4 is 34.8 Å². The number of aromatic amines is 1. The lowest BCUT2D eigenvalue weighted by Gasteiger charge is -2.40. The van der Waals surface area contributed by atoms with Crippen LogP contribution in [0, 0.1) is 5.92 Å². The van der Waals surface area contributed by atoms with Crippen LogP contribution in [0.3, 0.4) is 0 Å². The number of fused-ring (bicyclic) bond motifs is 4. The summed E-state index contributed by atoms with van der Waals surface area (Å²) in [5.41, 5.74) is 3.05. The van der Waals surface area contributed by atoms with E-state index < -0.39 is 6.04 Å². The van der Waals surface area contributed by atoms with Crippen LogP contribution in [0.25, 0.3) is 10.9 Å². The van der Waals surface area contributed by atoms with E-state index in [-0.39, 0.29) is 24.3 Å². The van der Waals surface area contributed by atoms with Gasteiger partial charge in [0.05, 0.1) is 6.54 Å². The molecular formula is C21H25N5O3. The average Bonchev–Trinajstić information content (AvgIpc) is 3.06. The second kappa shape index (κ2) is 7.69. The molecule has 0 aliphatic carbocycles. The van der Waals surface area contributed by atoms with Crippen molar-refractivity contribution in [2.45, 2.75) is 39.3 Å². The summed E-state index contributed by atoms with van der Waals surface area (Å²) in [6, 6.07) is 7.34. The van der Waals surface area contributed by atoms with Gasteiger partial charge in [0, 0.05) is 29.6 Å². The molecule has 4 rings (SSSR count). The second-order valence-corrected chi connectivity index (χ2v) is 7.98. The molecule has 2 aliphatic heterocycles.